The smallest absolute Gasteiger partial charge is 0.220 e. The molecule has 1 saturated carbocycles. The fourth-order valence-corrected chi connectivity index (χ4v) is 3.64. The summed E-state index contributed by atoms with van der Waals surface area (Å²) in [6, 6.07) is 0.479. The van der Waals surface area contributed by atoms with Crippen LogP contribution in [0.2, 0.25) is 0 Å². The van der Waals surface area contributed by atoms with Crippen molar-refractivity contribution in [3.63, 3.8) is 0 Å². The van der Waals surface area contributed by atoms with Crippen molar-refractivity contribution in [2.24, 2.45) is 11.7 Å². The first kappa shape index (κ1) is 22.0. The van der Waals surface area contributed by atoms with Gasteiger partial charge in [0.25, 0.3) is 0 Å². The molecule has 22 heavy (non-hydrogen) atoms. The number of nitrogens with zero attached hydrogens (tertiary/aromatic N) is 1. The van der Waals surface area contributed by atoms with Crippen LogP contribution in [0.25, 0.3) is 0 Å². The first-order valence-electron chi connectivity index (χ1n) is 8.42. The standard InChI is InChI=1S/C16H31N3O.2ClH/c1-13(12-19-9-5-2-6-10-19)18-16(20)11-14-7-3-4-8-15(14)17;;/h13-15H,2-12,17H2,1H3,(H,18,20);2*1H. The van der Waals surface area contributed by atoms with Crippen molar-refractivity contribution >= 4 is 30.7 Å². The molecule has 2 aliphatic rings. The summed E-state index contributed by atoms with van der Waals surface area (Å²) in [5.41, 5.74) is 6.12. The van der Waals surface area contributed by atoms with Crippen LogP contribution in [0.4, 0.5) is 0 Å². The highest BCUT2D eigenvalue weighted by atomic mass is 35.5. The average molecular weight is 354 g/mol. The average Bonchev–Trinajstić information content (AvgIpc) is 2.42. The molecule has 4 nitrogen and oxygen atoms in total. The van der Waals surface area contributed by atoms with Gasteiger partial charge < -0.3 is 16.0 Å². The lowest BCUT2D eigenvalue weighted by molar-refractivity contribution is -0.123. The second-order valence-corrected chi connectivity index (χ2v) is 6.74. The van der Waals surface area contributed by atoms with E-state index < -0.39 is 0 Å². The third-order valence-electron chi connectivity index (χ3n) is 4.80. The second-order valence-electron chi connectivity index (χ2n) is 6.74. The van der Waals surface area contributed by atoms with E-state index in [2.05, 4.69) is 17.1 Å². The largest absolute Gasteiger partial charge is 0.352 e. The minimum Gasteiger partial charge on any atom is -0.352 e. The van der Waals surface area contributed by atoms with E-state index in [0.717, 1.165) is 19.4 Å². The topological polar surface area (TPSA) is 58.4 Å². The van der Waals surface area contributed by atoms with Gasteiger partial charge in [0, 0.05) is 25.0 Å². The molecule has 3 N–H and O–H groups in total. The minimum atomic E-state index is 0. The van der Waals surface area contributed by atoms with E-state index in [4.69, 9.17) is 5.73 Å². The molecule has 1 saturated heterocycles. The number of likely N-dealkylation sites (tertiary alicyclic amines) is 1. The Kier molecular flexibility index (Phi) is 11.5. The third-order valence-corrected chi connectivity index (χ3v) is 4.80. The maximum atomic E-state index is 12.1. The van der Waals surface area contributed by atoms with Gasteiger partial charge in [-0.15, -0.1) is 24.8 Å². The van der Waals surface area contributed by atoms with Gasteiger partial charge in [0.05, 0.1) is 0 Å². The van der Waals surface area contributed by atoms with Crippen molar-refractivity contribution < 1.29 is 4.79 Å². The number of nitrogens with two attached hydrogens (primary N) is 1. The molecule has 3 unspecified atom stereocenters. The van der Waals surface area contributed by atoms with Crippen LogP contribution in [0, 0.1) is 5.92 Å². The molecule has 0 aromatic heterocycles. The van der Waals surface area contributed by atoms with Crippen LogP contribution < -0.4 is 11.1 Å². The molecule has 1 aliphatic heterocycles. The Balaban J connectivity index is 0.00000220. The highest BCUT2D eigenvalue weighted by molar-refractivity contribution is 5.85. The Bertz CT molecular complexity index is 312. The molecule has 0 bridgehead atoms. The maximum Gasteiger partial charge on any atom is 0.220 e. The van der Waals surface area contributed by atoms with Gasteiger partial charge in [-0.25, -0.2) is 0 Å². The fourth-order valence-electron chi connectivity index (χ4n) is 3.64. The van der Waals surface area contributed by atoms with Crippen LogP contribution in [0.5, 0.6) is 0 Å². The first-order valence-corrected chi connectivity index (χ1v) is 8.42. The lowest BCUT2D eigenvalue weighted by Gasteiger charge is -2.31. The van der Waals surface area contributed by atoms with Gasteiger partial charge >= 0.3 is 0 Å². The SMILES string of the molecule is CC(CN1CCCCC1)NC(=O)CC1CCCCC1N.Cl.Cl. The number of carbonyl (C=O) groups excluding carboxylic acids is 1. The van der Waals surface area contributed by atoms with Gasteiger partial charge in [0.2, 0.25) is 5.91 Å². The molecule has 0 spiro atoms. The number of halogens is 2. The molecule has 6 heteroatoms. The third kappa shape index (κ3) is 7.49. The molecule has 2 rings (SSSR count). The second kappa shape index (κ2) is 11.5. The van der Waals surface area contributed by atoms with E-state index in [1.807, 2.05) is 0 Å². The predicted octanol–water partition coefficient (Wildman–Crippen LogP) is 2.73. The summed E-state index contributed by atoms with van der Waals surface area (Å²) in [5, 5.41) is 3.16. The molecule has 1 heterocycles. The quantitative estimate of drug-likeness (QED) is 0.798. The number of carbonyl (C=O) groups is 1. The van der Waals surface area contributed by atoms with Crippen LogP contribution in [-0.2, 0) is 4.79 Å². The molecule has 2 fully saturated rings. The molecule has 0 aromatic rings. The number of amides is 1. The molecule has 0 radical (unpaired) electrons. The Morgan fingerprint density at radius 3 is 2.41 bits per heavy atom. The number of piperidine rings is 1. The van der Waals surface area contributed by atoms with Gasteiger partial charge in [-0.3, -0.25) is 4.79 Å². The lowest BCUT2D eigenvalue weighted by atomic mass is 9.83. The summed E-state index contributed by atoms with van der Waals surface area (Å²) < 4.78 is 0. The van der Waals surface area contributed by atoms with Gasteiger partial charge in [-0.2, -0.15) is 0 Å². The Labute approximate surface area is 147 Å². The van der Waals surface area contributed by atoms with Crippen molar-refractivity contribution in [1.29, 1.82) is 0 Å². The van der Waals surface area contributed by atoms with Crippen LogP contribution in [-0.4, -0.2) is 42.5 Å². The molecule has 1 amide bonds. The summed E-state index contributed by atoms with van der Waals surface area (Å²) in [6.07, 6.45) is 9.24. The van der Waals surface area contributed by atoms with Crippen molar-refractivity contribution in [2.75, 3.05) is 19.6 Å². The van der Waals surface area contributed by atoms with Crippen LogP contribution in [0.15, 0.2) is 0 Å². The van der Waals surface area contributed by atoms with Gasteiger partial charge in [-0.1, -0.05) is 19.3 Å². The van der Waals surface area contributed by atoms with E-state index in [1.165, 1.54) is 45.2 Å². The number of hydrogen-bond acceptors (Lipinski definition) is 3. The number of hydrogen-bond donors (Lipinski definition) is 2. The van der Waals surface area contributed by atoms with E-state index in [1.54, 1.807) is 0 Å². The van der Waals surface area contributed by atoms with Gasteiger partial charge in [0.1, 0.15) is 0 Å². The van der Waals surface area contributed by atoms with Crippen molar-refractivity contribution in [3.8, 4) is 0 Å². The van der Waals surface area contributed by atoms with Crippen LogP contribution in [0.1, 0.15) is 58.3 Å². The van der Waals surface area contributed by atoms with Crippen LogP contribution >= 0.6 is 24.8 Å². The minimum absolute atomic E-state index is 0. The monoisotopic (exact) mass is 353 g/mol. The summed E-state index contributed by atoms with van der Waals surface area (Å²) in [4.78, 5) is 14.6. The summed E-state index contributed by atoms with van der Waals surface area (Å²) in [5.74, 6) is 0.586. The highest BCUT2D eigenvalue weighted by Gasteiger charge is 2.24. The molecular weight excluding hydrogens is 321 g/mol. The zero-order chi connectivity index (χ0) is 14.4. The Morgan fingerprint density at radius 1 is 1.14 bits per heavy atom. The normalized spacial score (nSPS) is 27.2. The fraction of sp³-hybridized carbons (Fsp3) is 0.938. The van der Waals surface area contributed by atoms with E-state index in [9.17, 15) is 4.79 Å². The molecule has 3 atom stereocenters. The summed E-state index contributed by atoms with van der Waals surface area (Å²) in [7, 11) is 0. The molecule has 1 aliphatic carbocycles. The zero-order valence-corrected chi connectivity index (χ0v) is 15.4. The van der Waals surface area contributed by atoms with Crippen LogP contribution in [0.3, 0.4) is 0 Å². The van der Waals surface area contributed by atoms with Gasteiger partial charge in [0.15, 0.2) is 0 Å². The Morgan fingerprint density at radius 2 is 1.77 bits per heavy atom. The summed E-state index contributed by atoms with van der Waals surface area (Å²) >= 11 is 0. The van der Waals surface area contributed by atoms with E-state index >= 15 is 0 Å². The van der Waals surface area contributed by atoms with E-state index in [0.29, 0.717) is 12.3 Å². The number of nitrogens with one attached hydrogen (secondary N) is 1. The maximum absolute atomic E-state index is 12.1. The lowest BCUT2D eigenvalue weighted by Crippen LogP contribution is -2.45. The van der Waals surface area contributed by atoms with E-state index in [-0.39, 0.29) is 42.8 Å². The van der Waals surface area contributed by atoms with Gasteiger partial charge in [-0.05, 0) is 51.6 Å². The Hall–Kier alpha value is -0.0300. The molecule has 132 valence electrons. The van der Waals surface area contributed by atoms with Crippen molar-refractivity contribution in [1.82, 2.24) is 10.2 Å². The highest BCUT2D eigenvalue weighted by Crippen LogP contribution is 2.25. The predicted molar refractivity (Wildman–Crippen MR) is 96.9 cm³/mol. The zero-order valence-electron chi connectivity index (χ0n) is 13.8. The summed E-state index contributed by atoms with van der Waals surface area (Å²) in [6.45, 7) is 5.48. The van der Waals surface area contributed by atoms with Crippen molar-refractivity contribution in [2.45, 2.75) is 70.4 Å². The molecule has 0 aromatic carbocycles. The number of rotatable bonds is 5. The first-order chi connectivity index (χ1) is 9.65. The van der Waals surface area contributed by atoms with Crippen molar-refractivity contribution in [3.05, 3.63) is 0 Å². The molecular formula is C16H33Cl2N3O.